The van der Waals surface area contributed by atoms with Gasteiger partial charge in [-0.15, -0.1) is 11.3 Å². The van der Waals surface area contributed by atoms with Crippen LogP contribution in [-0.4, -0.2) is 0 Å². The third kappa shape index (κ3) is 4.50. The number of hydrogen-bond donors (Lipinski definition) is 0. The van der Waals surface area contributed by atoms with Crippen LogP contribution >= 0.6 is 11.3 Å². The van der Waals surface area contributed by atoms with Gasteiger partial charge in [-0.05, 0) is 65.9 Å². The smallest absolute Gasteiger partial charge is 0.0629 e. The SMILES string of the molecule is [2H]/C(=C(/[2H])c1ccc2c(c1)sc1ccccc12)c1ccc(N(c2ccc(C)cc2)c2cccc3ccccc23)cc1. The molecule has 1 nitrogen and oxygen atoms in total. The zero-order valence-electron chi connectivity index (χ0n) is 23.6. The predicted molar refractivity (Wildman–Crippen MR) is 172 cm³/mol. The highest BCUT2D eigenvalue weighted by atomic mass is 32.1. The standard InChI is InChI=1S/C37H27NS/c1-26-13-20-30(21-14-26)38(35-11-6-8-29-7-2-3-9-32(29)35)31-22-17-27(18-23-31)15-16-28-19-24-34-33-10-4-5-12-36(33)39-37(34)25-28/h2-25H,1H3/b16-15+/i15D,16D. The largest absolute Gasteiger partial charge is 0.310 e. The second kappa shape index (κ2) is 9.90. The number of anilines is 3. The minimum absolute atomic E-state index is 0.212. The van der Waals surface area contributed by atoms with Crippen molar-refractivity contribution in [2.45, 2.75) is 6.92 Å². The van der Waals surface area contributed by atoms with Crippen molar-refractivity contribution in [1.82, 2.24) is 0 Å². The summed E-state index contributed by atoms with van der Waals surface area (Å²) in [6.45, 7) is 2.10. The molecule has 1 heterocycles. The summed E-state index contributed by atoms with van der Waals surface area (Å²) in [4.78, 5) is 2.26. The van der Waals surface area contributed by atoms with E-state index >= 15 is 0 Å². The van der Waals surface area contributed by atoms with Crippen LogP contribution in [-0.2, 0) is 0 Å². The van der Waals surface area contributed by atoms with E-state index in [2.05, 4.69) is 109 Å². The monoisotopic (exact) mass is 519 g/mol. The summed E-state index contributed by atoms with van der Waals surface area (Å²) in [5.41, 5.74) is 5.85. The Labute approximate surface area is 235 Å². The molecule has 0 spiro atoms. The highest BCUT2D eigenvalue weighted by Gasteiger charge is 2.15. The maximum Gasteiger partial charge on any atom is 0.0629 e. The van der Waals surface area contributed by atoms with E-state index in [0.717, 1.165) is 32.9 Å². The van der Waals surface area contributed by atoms with Gasteiger partial charge in [-0.2, -0.15) is 0 Å². The number of aryl methyl sites for hydroxylation is 1. The van der Waals surface area contributed by atoms with Gasteiger partial charge < -0.3 is 4.90 Å². The molecular weight excluding hydrogens is 490 g/mol. The van der Waals surface area contributed by atoms with Crippen molar-refractivity contribution in [3.8, 4) is 0 Å². The normalized spacial score (nSPS) is 12.8. The molecule has 0 saturated carbocycles. The van der Waals surface area contributed by atoms with E-state index in [1.807, 2.05) is 36.4 Å². The third-order valence-electron chi connectivity index (χ3n) is 7.16. The van der Waals surface area contributed by atoms with Crippen molar-refractivity contribution in [1.29, 1.82) is 0 Å². The van der Waals surface area contributed by atoms with Crippen LogP contribution in [0.4, 0.5) is 17.1 Å². The highest BCUT2D eigenvalue weighted by molar-refractivity contribution is 7.25. The molecule has 186 valence electrons. The number of hydrogen-bond acceptors (Lipinski definition) is 2. The fraction of sp³-hybridized carbons (Fsp3) is 0.0270. The van der Waals surface area contributed by atoms with Crippen molar-refractivity contribution in [2.24, 2.45) is 0 Å². The number of fused-ring (bicyclic) bond motifs is 4. The molecule has 7 rings (SSSR count). The van der Waals surface area contributed by atoms with Gasteiger partial charge in [-0.1, -0.05) is 109 Å². The van der Waals surface area contributed by atoms with Gasteiger partial charge in [-0.3, -0.25) is 0 Å². The summed E-state index contributed by atoms with van der Waals surface area (Å²) >= 11 is 1.73. The van der Waals surface area contributed by atoms with Gasteiger partial charge in [0.15, 0.2) is 0 Å². The Kier molecular flexibility index (Phi) is 5.41. The van der Waals surface area contributed by atoms with Gasteiger partial charge >= 0.3 is 0 Å². The van der Waals surface area contributed by atoms with Gasteiger partial charge in [0.25, 0.3) is 0 Å². The number of thiophene rings is 1. The van der Waals surface area contributed by atoms with E-state index in [0.29, 0.717) is 0 Å². The Morgan fingerprint density at radius 2 is 1.18 bits per heavy atom. The zero-order valence-corrected chi connectivity index (χ0v) is 22.4. The molecule has 0 saturated heterocycles. The molecule has 0 aliphatic heterocycles. The fourth-order valence-electron chi connectivity index (χ4n) is 5.17. The Morgan fingerprint density at radius 3 is 2.00 bits per heavy atom. The molecule has 0 N–H and O–H groups in total. The van der Waals surface area contributed by atoms with Crippen LogP contribution in [0.15, 0.2) is 133 Å². The van der Waals surface area contributed by atoms with Crippen molar-refractivity contribution in [3.63, 3.8) is 0 Å². The van der Waals surface area contributed by atoms with E-state index in [9.17, 15) is 0 Å². The minimum atomic E-state index is 0.212. The van der Waals surface area contributed by atoms with Crippen molar-refractivity contribution >= 4 is 71.4 Å². The Morgan fingerprint density at radius 1 is 0.564 bits per heavy atom. The van der Waals surface area contributed by atoms with Gasteiger partial charge in [-0.25, -0.2) is 0 Å². The van der Waals surface area contributed by atoms with Crippen LogP contribution in [0.3, 0.4) is 0 Å². The third-order valence-corrected chi connectivity index (χ3v) is 8.29. The quantitative estimate of drug-likeness (QED) is 0.204. The molecule has 0 unspecified atom stereocenters. The van der Waals surface area contributed by atoms with Crippen molar-refractivity contribution in [2.75, 3.05) is 4.90 Å². The number of nitrogens with zero attached hydrogens (tertiary/aromatic N) is 1. The topological polar surface area (TPSA) is 3.24 Å². The van der Waals surface area contributed by atoms with E-state index in [1.165, 1.54) is 31.8 Å². The Hall–Kier alpha value is -4.66. The molecule has 39 heavy (non-hydrogen) atoms. The Balaban J connectivity index is 1.28. The van der Waals surface area contributed by atoms with Crippen LogP contribution in [0, 0.1) is 6.92 Å². The molecule has 0 aliphatic carbocycles. The van der Waals surface area contributed by atoms with Crippen LogP contribution in [0.25, 0.3) is 43.0 Å². The summed E-state index contributed by atoms with van der Waals surface area (Å²) in [7, 11) is 0. The van der Waals surface area contributed by atoms with E-state index < -0.39 is 0 Å². The molecule has 2 heteroatoms. The van der Waals surface area contributed by atoms with E-state index in [4.69, 9.17) is 2.74 Å². The molecule has 7 aromatic rings. The minimum Gasteiger partial charge on any atom is -0.310 e. The molecule has 0 radical (unpaired) electrons. The lowest BCUT2D eigenvalue weighted by molar-refractivity contribution is 1.29. The molecule has 0 fully saturated rings. The number of benzene rings is 6. The molecular formula is C37H27NS. The van der Waals surface area contributed by atoms with Gasteiger partial charge in [0.2, 0.25) is 0 Å². The fourth-order valence-corrected chi connectivity index (χ4v) is 6.31. The summed E-state index contributed by atoms with van der Waals surface area (Å²) in [5, 5.41) is 4.79. The first-order valence-electron chi connectivity index (χ1n) is 14.1. The molecule has 0 aliphatic rings. The first-order chi connectivity index (χ1) is 20.1. The highest BCUT2D eigenvalue weighted by Crippen LogP contribution is 2.39. The second-order valence-corrected chi connectivity index (χ2v) is 10.9. The van der Waals surface area contributed by atoms with E-state index in [1.54, 1.807) is 11.3 Å². The van der Waals surface area contributed by atoms with Gasteiger partial charge in [0.05, 0.1) is 8.43 Å². The summed E-state index contributed by atoms with van der Waals surface area (Å²) < 4.78 is 20.1. The summed E-state index contributed by atoms with van der Waals surface area (Å²) in [6.07, 6.45) is 0. The number of rotatable bonds is 5. The lowest BCUT2D eigenvalue weighted by Crippen LogP contribution is -2.10. The molecule has 0 bridgehead atoms. The first-order valence-corrected chi connectivity index (χ1v) is 13.9. The maximum atomic E-state index is 8.89. The van der Waals surface area contributed by atoms with Crippen molar-refractivity contribution < 1.29 is 2.74 Å². The maximum absolute atomic E-state index is 8.89. The van der Waals surface area contributed by atoms with Gasteiger partial charge in [0.1, 0.15) is 0 Å². The second-order valence-electron chi connectivity index (χ2n) is 9.78. The van der Waals surface area contributed by atoms with E-state index in [-0.39, 0.29) is 12.1 Å². The molecule has 0 atom stereocenters. The van der Waals surface area contributed by atoms with Crippen LogP contribution < -0.4 is 4.90 Å². The zero-order chi connectivity index (χ0) is 27.9. The Bertz CT molecular complexity index is 2070. The predicted octanol–water partition coefficient (Wildman–Crippen LogP) is 11.2. The lowest BCUT2D eigenvalue weighted by atomic mass is 10.1. The summed E-state index contributed by atoms with van der Waals surface area (Å²) in [5.74, 6) is 0. The summed E-state index contributed by atoms with van der Waals surface area (Å²) in [6, 6.07) is 46.3. The van der Waals surface area contributed by atoms with Crippen molar-refractivity contribution in [3.05, 3.63) is 150 Å². The van der Waals surface area contributed by atoms with Crippen LogP contribution in [0.1, 0.15) is 19.4 Å². The average Bonchev–Trinajstić information content (AvgIpc) is 3.40. The lowest BCUT2D eigenvalue weighted by Gasteiger charge is -2.27. The van der Waals surface area contributed by atoms with Crippen LogP contribution in [0.5, 0.6) is 0 Å². The molecule has 1 aromatic heterocycles. The van der Waals surface area contributed by atoms with Gasteiger partial charge in [0, 0.05) is 36.9 Å². The first kappa shape index (κ1) is 21.3. The molecule has 6 aromatic carbocycles. The van der Waals surface area contributed by atoms with Crippen LogP contribution in [0.2, 0.25) is 0 Å². The average molecular weight is 520 g/mol. The molecule has 0 amide bonds.